The largest absolute Gasteiger partial charge is 0.313 e. The molecule has 0 bridgehead atoms. The maximum atomic E-state index is 4.55. The van der Waals surface area contributed by atoms with Gasteiger partial charge in [0.25, 0.3) is 0 Å². The summed E-state index contributed by atoms with van der Waals surface area (Å²) in [5, 5.41) is 7.94. The highest BCUT2D eigenvalue weighted by Crippen LogP contribution is 2.22. The van der Waals surface area contributed by atoms with Gasteiger partial charge in [-0.3, -0.25) is 9.25 Å². The van der Waals surface area contributed by atoms with Gasteiger partial charge in [0.1, 0.15) is 12.1 Å². The first-order valence-corrected chi connectivity index (χ1v) is 6.88. The molecular formula is C15H19N5. The van der Waals surface area contributed by atoms with Gasteiger partial charge in [0, 0.05) is 19.2 Å². The molecule has 20 heavy (non-hydrogen) atoms. The molecule has 104 valence electrons. The van der Waals surface area contributed by atoms with Crippen molar-refractivity contribution in [3.05, 3.63) is 41.9 Å². The molecule has 0 fully saturated rings. The summed E-state index contributed by atoms with van der Waals surface area (Å²) in [4.78, 5) is 4.47. The Bertz CT molecular complexity index is 738. The summed E-state index contributed by atoms with van der Waals surface area (Å²) in [6.07, 6.45) is 1.87. The Balaban J connectivity index is 2.18. The van der Waals surface area contributed by atoms with E-state index < -0.39 is 0 Å². The van der Waals surface area contributed by atoms with Gasteiger partial charge in [0.15, 0.2) is 0 Å². The van der Waals surface area contributed by atoms with Crippen LogP contribution in [0.25, 0.3) is 16.9 Å². The predicted molar refractivity (Wildman–Crippen MR) is 80.0 cm³/mol. The smallest absolute Gasteiger partial charge is 0.141 e. The number of aromatic nitrogens is 4. The lowest BCUT2D eigenvalue weighted by Crippen LogP contribution is -2.14. The van der Waals surface area contributed by atoms with Gasteiger partial charge in [0.05, 0.1) is 16.7 Å². The SMILES string of the molecule is CCNCc1c(C)nn(C)c1-n1cnc2ccccc21. The zero-order chi connectivity index (χ0) is 14.1. The number of nitrogens with zero attached hydrogens (tertiary/aromatic N) is 4. The molecule has 0 aliphatic carbocycles. The summed E-state index contributed by atoms with van der Waals surface area (Å²) in [5.74, 6) is 1.08. The molecular weight excluding hydrogens is 250 g/mol. The third-order valence-corrected chi connectivity index (χ3v) is 3.55. The molecule has 0 spiro atoms. The second kappa shape index (κ2) is 5.09. The van der Waals surface area contributed by atoms with Gasteiger partial charge in [0.2, 0.25) is 0 Å². The van der Waals surface area contributed by atoms with Crippen LogP contribution in [0.15, 0.2) is 30.6 Å². The lowest BCUT2D eigenvalue weighted by molar-refractivity contribution is 0.708. The summed E-state index contributed by atoms with van der Waals surface area (Å²) < 4.78 is 4.04. The fraction of sp³-hybridized carbons (Fsp3) is 0.333. The van der Waals surface area contributed by atoms with Crippen LogP contribution in [0.1, 0.15) is 18.2 Å². The number of fused-ring (bicyclic) bond motifs is 1. The van der Waals surface area contributed by atoms with Crippen molar-refractivity contribution in [2.75, 3.05) is 6.54 Å². The van der Waals surface area contributed by atoms with Crippen molar-refractivity contribution in [3.63, 3.8) is 0 Å². The minimum atomic E-state index is 0.817. The lowest BCUT2D eigenvalue weighted by atomic mass is 10.2. The molecule has 2 aromatic heterocycles. The number of nitrogens with one attached hydrogen (secondary N) is 1. The third-order valence-electron chi connectivity index (χ3n) is 3.55. The van der Waals surface area contributed by atoms with Gasteiger partial charge in [-0.25, -0.2) is 4.98 Å². The van der Waals surface area contributed by atoms with Gasteiger partial charge < -0.3 is 5.32 Å². The number of hydrogen-bond acceptors (Lipinski definition) is 3. The minimum absolute atomic E-state index is 0.817. The number of benzene rings is 1. The molecule has 0 unspecified atom stereocenters. The summed E-state index contributed by atoms with van der Waals surface area (Å²) in [7, 11) is 1.98. The van der Waals surface area contributed by atoms with Crippen molar-refractivity contribution in [2.24, 2.45) is 7.05 Å². The Morgan fingerprint density at radius 2 is 2.05 bits per heavy atom. The highest BCUT2D eigenvalue weighted by Gasteiger charge is 2.16. The fourth-order valence-corrected chi connectivity index (χ4v) is 2.58. The molecule has 1 aromatic carbocycles. The quantitative estimate of drug-likeness (QED) is 0.789. The number of para-hydroxylation sites is 2. The molecule has 5 nitrogen and oxygen atoms in total. The first kappa shape index (κ1) is 12.9. The van der Waals surface area contributed by atoms with Crippen molar-refractivity contribution in [3.8, 4) is 5.82 Å². The van der Waals surface area contributed by atoms with Crippen LogP contribution in [0.4, 0.5) is 0 Å². The van der Waals surface area contributed by atoms with Crippen LogP contribution >= 0.6 is 0 Å². The standard InChI is InChI=1S/C15H19N5/c1-4-16-9-12-11(2)18-19(3)15(12)20-10-17-13-7-5-6-8-14(13)20/h5-8,10,16H,4,9H2,1-3H3. The van der Waals surface area contributed by atoms with E-state index in [-0.39, 0.29) is 0 Å². The third kappa shape index (κ3) is 2.00. The van der Waals surface area contributed by atoms with Crippen molar-refractivity contribution in [1.82, 2.24) is 24.6 Å². The fourth-order valence-electron chi connectivity index (χ4n) is 2.58. The van der Waals surface area contributed by atoms with Crippen molar-refractivity contribution in [1.29, 1.82) is 0 Å². The second-order valence-corrected chi connectivity index (χ2v) is 4.89. The summed E-state index contributed by atoms with van der Waals surface area (Å²) in [6, 6.07) is 8.15. The van der Waals surface area contributed by atoms with E-state index in [1.165, 1.54) is 5.56 Å². The van der Waals surface area contributed by atoms with Crippen molar-refractivity contribution >= 4 is 11.0 Å². The second-order valence-electron chi connectivity index (χ2n) is 4.89. The molecule has 3 aromatic rings. The topological polar surface area (TPSA) is 47.7 Å². The molecule has 3 rings (SSSR count). The molecule has 5 heteroatoms. The van der Waals surface area contributed by atoms with E-state index in [4.69, 9.17) is 0 Å². The van der Waals surface area contributed by atoms with Gasteiger partial charge >= 0.3 is 0 Å². The van der Waals surface area contributed by atoms with Crippen LogP contribution in [-0.2, 0) is 13.6 Å². The molecule has 0 aliphatic heterocycles. The van der Waals surface area contributed by atoms with E-state index in [9.17, 15) is 0 Å². The minimum Gasteiger partial charge on any atom is -0.313 e. The summed E-state index contributed by atoms with van der Waals surface area (Å²) >= 11 is 0. The van der Waals surface area contributed by atoms with E-state index in [1.54, 1.807) is 0 Å². The van der Waals surface area contributed by atoms with Gasteiger partial charge in [-0.15, -0.1) is 0 Å². The summed E-state index contributed by atoms with van der Waals surface area (Å²) in [6.45, 7) is 5.92. The van der Waals surface area contributed by atoms with E-state index in [0.717, 1.165) is 35.6 Å². The average Bonchev–Trinajstić information content (AvgIpc) is 2.97. The van der Waals surface area contributed by atoms with E-state index in [2.05, 4.69) is 39.9 Å². The van der Waals surface area contributed by atoms with E-state index in [0.29, 0.717) is 0 Å². The Kier molecular flexibility index (Phi) is 3.28. The van der Waals surface area contributed by atoms with Gasteiger partial charge in [-0.05, 0) is 25.6 Å². The average molecular weight is 269 g/mol. The number of aryl methyl sites for hydroxylation is 2. The Morgan fingerprint density at radius 1 is 1.25 bits per heavy atom. The molecule has 0 radical (unpaired) electrons. The molecule has 0 saturated carbocycles. The Morgan fingerprint density at radius 3 is 2.85 bits per heavy atom. The van der Waals surface area contributed by atoms with E-state index >= 15 is 0 Å². The molecule has 0 aliphatic rings. The first-order chi connectivity index (χ1) is 9.72. The first-order valence-electron chi connectivity index (χ1n) is 6.88. The monoisotopic (exact) mass is 269 g/mol. The van der Waals surface area contributed by atoms with Crippen LogP contribution in [0.2, 0.25) is 0 Å². The van der Waals surface area contributed by atoms with Gasteiger partial charge in [-0.2, -0.15) is 5.10 Å². The van der Waals surface area contributed by atoms with Crippen molar-refractivity contribution < 1.29 is 0 Å². The number of imidazole rings is 1. The normalized spacial score (nSPS) is 11.3. The van der Waals surface area contributed by atoms with E-state index in [1.807, 2.05) is 36.3 Å². The summed E-state index contributed by atoms with van der Waals surface area (Å²) in [5.41, 5.74) is 4.38. The molecule has 1 N–H and O–H groups in total. The predicted octanol–water partition coefficient (Wildman–Crippen LogP) is 2.18. The zero-order valence-corrected chi connectivity index (χ0v) is 12.1. The number of rotatable bonds is 4. The Labute approximate surface area is 118 Å². The maximum Gasteiger partial charge on any atom is 0.141 e. The van der Waals surface area contributed by atoms with Crippen LogP contribution in [0.5, 0.6) is 0 Å². The highest BCUT2D eigenvalue weighted by molar-refractivity contribution is 5.77. The highest BCUT2D eigenvalue weighted by atomic mass is 15.3. The number of hydrogen-bond donors (Lipinski definition) is 1. The Hall–Kier alpha value is -2.14. The van der Waals surface area contributed by atoms with Gasteiger partial charge in [-0.1, -0.05) is 19.1 Å². The molecule has 0 atom stereocenters. The zero-order valence-electron chi connectivity index (χ0n) is 12.1. The van der Waals surface area contributed by atoms with Crippen LogP contribution in [0.3, 0.4) is 0 Å². The molecule has 0 saturated heterocycles. The maximum absolute atomic E-state index is 4.55. The van der Waals surface area contributed by atoms with Crippen LogP contribution in [-0.4, -0.2) is 25.9 Å². The molecule has 2 heterocycles. The van der Waals surface area contributed by atoms with Crippen LogP contribution in [0, 0.1) is 6.92 Å². The lowest BCUT2D eigenvalue weighted by Gasteiger charge is -2.09. The van der Waals surface area contributed by atoms with Crippen LogP contribution < -0.4 is 5.32 Å². The molecule has 0 amide bonds. The van der Waals surface area contributed by atoms with Crippen molar-refractivity contribution in [2.45, 2.75) is 20.4 Å².